The van der Waals surface area contributed by atoms with E-state index < -0.39 is 0 Å². The molecule has 0 aliphatic heterocycles. The molecule has 1 aliphatic carbocycles. The molecule has 0 saturated heterocycles. The van der Waals surface area contributed by atoms with Gasteiger partial charge in [0.05, 0.1) is 13.2 Å². The van der Waals surface area contributed by atoms with Crippen molar-refractivity contribution in [1.29, 1.82) is 0 Å². The highest BCUT2D eigenvalue weighted by atomic mass is 16.3. The van der Waals surface area contributed by atoms with E-state index in [0.29, 0.717) is 13.1 Å². The molecule has 0 bridgehead atoms. The summed E-state index contributed by atoms with van der Waals surface area (Å²) in [5, 5.41) is 21.2. The number of amides is 1. The van der Waals surface area contributed by atoms with Crippen molar-refractivity contribution in [2.24, 2.45) is 5.92 Å². The smallest absolute Gasteiger partial charge is 0.227 e. The van der Waals surface area contributed by atoms with Crippen molar-refractivity contribution in [3.63, 3.8) is 0 Å². The number of nitrogens with one attached hydrogen (secondary N) is 1. The highest BCUT2D eigenvalue weighted by molar-refractivity contribution is 5.93. The Bertz CT molecular complexity index is 467. The molecule has 1 amide bonds. The molecule has 5 heteroatoms. The van der Waals surface area contributed by atoms with E-state index >= 15 is 0 Å². The SMILES string of the molecule is O=C(Nc1cccc(N(CCO)CCO)c1)C1CCCCC1. The summed E-state index contributed by atoms with van der Waals surface area (Å²) in [6, 6.07) is 7.57. The molecule has 0 spiro atoms. The minimum Gasteiger partial charge on any atom is -0.395 e. The van der Waals surface area contributed by atoms with Crippen LogP contribution in [0.1, 0.15) is 32.1 Å². The van der Waals surface area contributed by atoms with Crippen molar-refractivity contribution in [1.82, 2.24) is 0 Å². The first kappa shape index (κ1) is 16.8. The predicted molar refractivity (Wildman–Crippen MR) is 88.0 cm³/mol. The van der Waals surface area contributed by atoms with Crippen LogP contribution in [-0.4, -0.2) is 42.4 Å². The highest BCUT2D eigenvalue weighted by Gasteiger charge is 2.21. The van der Waals surface area contributed by atoms with E-state index in [1.165, 1.54) is 6.42 Å². The number of hydrogen-bond donors (Lipinski definition) is 3. The van der Waals surface area contributed by atoms with Gasteiger partial charge in [0.25, 0.3) is 0 Å². The number of carbonyl (C=O) groups is 1. The number of hydrogen-bond acceptors (Lipinski definition) is 4. The largest absolute Gasteiger partial charge is 0.395 e. The number of benzene rings is 1. The fourth-order valence-electron chi connectivity index (χ4n) is 3.00. The Morgan fingerprint density at radius 3 is 2.45 bits per heavy atom. The maximum Gasteiger partial charge on any atom is 0.227 e. The lowest BCUT2D eigenvalue weighted by atomic mass is 9.88. The molecule has 2 rings (SSSR count). The Balaban J connectivity index is 2.02. The second-order valence-corrected chi connectivity index (χ2v) is 5.81. The van der Waals surface area contributed by atoms with Crippen LogP contribution in [0.4, 0.5) is 11.4 Å². The average molecular weight is 306 g/mol. The van der Waals surface area contributed by atoms with Crippen molar-refractivity contribution in [2.45, 2.75) is 32.1 Å². The molecule has 0 heterocycles. The minimum atomic E-state index is 0.0264. The van der Waals surface area contributed by atoms with E-state index in [2.05, 4.69) is 5.32 Å². The molecule has 0 atom stereocenters. The maximum absolute atomic E-state index is 12.3. The third-order valence-electron chi connectivity index (χ3n) is 4.19. The Morgan fingerprint density at radius 2 is 1.82 bits per heavy atom. The van der Waals surface area contributed by atoms with Crippen molar-refractivity contribution in [3.8, 4) is 0 Å². The number of aliphatic hydroxyl groups excluding tert-OH is 2. The van der Waals surface area contributed by atoms with Crippen LogP contribution in [-0.2, 0) is 4.79 Å². The van der Waals surface area contributed by atoms with Crippen LogP contribution in [0.15, 0.2) is 24.3 Å². The topological polar surface area (TPSA) is 72.8 Å². The third-order valence-corrected chi connectivity index (χ3v) is 4.19. The van der Waals surface area contributed by atoms with E-state index in [-0.39, 0.29) is 25.0 Å². The summed E-state index contributed by atoms with van der Waals surface area (Å²) in [6.07, 6.45) is 5.47. The molecule has 1 aliphatic rings. The van der Waals surface area contributed by atoms with Crippen LogP contribution < -0.4 is 10.2 Å². The molecule has 22 heavy (non-hydrogen) atoms. The van der Waals surface area contributed by atoms with Crippen LogP contribution in [0.3, 0.4) is 0 Å². The van der Waals surface area contributed by atoms with Gasteiger partial charge in [0, 0.05) is 30.4 Å². The van der Waals surface area contributed by atoms with E-state index in [1.54, 1.807) is 0 Å². The maximum atomic E-state index is 12.3. The standard InChI is InChI=1S/C17H26N2O3/c20-11-9-19(10-12-21)16-8-4-7-15(13-16)18-17(22)14-5-2-1-3-6-14/h4,7-8,13-14,20-21H,1-3,5-6,9-12H2,(H,18,22). The van der Waals surface area contributed by atoms with Gasteiger partial charge < -0.3 is 20.4 Å². The van der Waals surface area contributed by atoms with Crippen LogP contribution >= 0.6 is 0 Å². The average Bonchev–Trinajstić information content (AvgIpc) is 2.56. The first-order valence-corrected chi connectivity index (χ1v) is 8.12. The minimum absolute atomic E-state index is 0.0264. The van der Waals surface area contributed by atoms with Crippen LogP contribution in [0, 0.1) is 5.92 Å². The van der Waals surface area contributed by atoms with Crippen molar-refractivity contribution < 1.29 is 15.0 Å². The van der Waals surface area contributed by atoms with Gasteiger partial charge in [-0.3, -0.25) is 4.79 Å². The van der Waals surface area contributed by atoms with Gasteiger partial charge in [0.1, 0.15) is 0 Å². The lowest BCUT2D eigenvalue weighted by Gasteiger charge is -2.24. The molecule has 1 fully saturated rings. The summed E-state index contributed by atoms with van der Waals surface area (Å²) in [7, 11) is 0. The van der Waals surface area contributed by atoms with Crippen LogP contribution in [0.25, 0.3) is 0 Å². The Hall–Kier alpha value is -1.59. The zero-order valence-corrected chi connectivity index (χ0v) is 13.0. The van der Waals surface area contributed by atoms with E-state index in [1.807, 2.05) is 29.2 Å². The van der Waals surface area contributed by atoms with Gasteiger partial charge in [-0.15, -0.1) is 0 Å². The molecule has 3 N–H and O–H groups in total. The lowest BCUT2D eigenvalue weighted by Crippen LogP contribution is -2.30. The first-order chi connectivity index (χ1) is 10.7. The van der Waals surface area contributed by atoms with Gasteiger partial charge in [-0.25, -0.2) is 0 Å². The first-order valence-electron chi connectivity index (χ1n) is 8.12. The van der Waals surface area contributed by atoms with Crippen LogP contribution in [0.5, 0.6) is 0 Å². The van der Waals surface area contributed by atoms with Gasteiger partial charge in [0.2, 0.25) is 5.91 Å². The summed E-state index contributed by atoms with van der Waals surface area (Å²) in [6.45, 7) is 0.971. The molecule has 5 nitrogen and oxygen atoms in total. The summed E-state index contributed by atoms with van der Waals surface area (Å²) in [4.78, 5) is 14.2. The monoisotopic (exact) mass is 306 g/mol. The van der Waals surface area contributed by atoms with E-state index in [4.69, 9.17) is 10.2 Å². The van der Waals surface area contributed by atoms with Gasteiger partial charge in [0.15, 0.2) is 0 Å². The molecule has 0 radical (unpaired) electrons. The quantitative estimate of drug-likeness (QED) is 0.720. The molecule has 0 aromatic heterocycles. The highest BCUT2D eigenvalue weighted by Crippen LogP contribution is 2.26. The van der Waals surface area contributed by atoms with Crippen molar-refractivity contribution in [2.75, 3.05) is 36.5 Å². The van der Waals surface area contributed by atoms with Crippen molar-refractivity contribution in [3.05, 3.63) is 24.3 Å². The second kappa shape index (κ2) is 8.76. The van der Waals surface area contributed by atoms with Crippen molar-refractivity contribution >= 4 is 17.3 Å². The number of rotatable bonds is 7. The lowest BCUT2D eigenvalue weighted by molar-refractivity contribution is -0.120. The number of anilines is 2. The molecule has 122 valence electrons. The zero-order valence-electron chi connectivity index (χ0n) is 13.0. The van der Waals surface area contributed by atoms with Gasteiger partial charge in [-0.1, -0.05) is 25.3 Å². The number of nitrogens with zero attached hydrogens (tertiary/aromatic N) is 1. The zero-order chi connectivity index (χ0) is 15.8. The van der Waals surface area contributed by atoms with Gasteiger partial charge in [-0.2, -0.15) is 0 Å². The van der Waals surface area contributed by atoms with Gasteiger partial charge >= 0.3 is 0 Å². The summed E-state index contributed by atoms with van der Waals surface area (Å²) in [5.41, 5.74) is 1.67. The summed E-state index contributed by atoms with van der Waals surface area (Å²) >= 11 is 0. The normalized spacial score (nSPS) is 15.5. The third kappa shape index (κ3) is 4.71. The fourth-order valence-corrected chi connectivity index (χ4v) is 3.00. The fraction of sp³-hybridized carbons (Fsp3) is 0.588. The second-order valence-electron chi connectivity index (χ2n) is 5.81. The summed E-state index contributed by atoms with van der Waals surface area (Å²) in [5.74, 6) is 0.233. The van der Waals surface area contributed by atoms with E-state index in [0.717, 1.165) is 37.1 Å². The molecule has 0 unspecified atom stereocenters. The number of aliphatic hydroxyl groups is 2. The molecule has 1 aromatic rings. The van der Waals surface area contributed by atoms with Gasteiger partial charge in [-0.05, 0) is 31.0 Å². The number of carbonyl (C=O) groups excluding carboxylic acids is 1. The molecular weight excluding hydrogens is 280 g/mol. The molecular formula is C17H26N2O3. The Morgan fingerprint density at radius 1 is 1.14 bits per heavy atom. The summed E-state index contributed by atoms with van der Waals surface area (Å²) < 4.78 is 0. The molecule has 1 aromatic carbocycles. The van der Waals surface area contributed by atoms with E-state index in [9.17, 15) is 4.79 Å². The van der Waals surface area contributed by atoms with Crippen LogP contribution in [0.2, 0.25) is 0 Å². The predicted octanol–water partition coefficient (Wildman–Crippen LogP) is 2.00. The molecule has 1 saturated carbocycles. The Kier molecular flexibility index (Phi) is 6.68. The Labute approximate surface area is 131 Å².